The van der Waals surface area contributed by atoms with Crippen LogP contribution in [-0.4, -0.2) is 61.0 Å². The van der Waals surface area contributed by atoms with E-state index < -0.39 is 18.5 Å². The van der Waals surface area contributed by atoms with Crippen LogP contribution in [0.2, 0.25) is 0 Å². The van der Waals surface area contributed by atoms with E-state index in [4.69, 9.17) is 4.74 Å². The molecule has 2 N–H and O–H groups in total. The molecule has 1 amide bonds. The molecule has 42 heavy (non-hydrogen) atoms. The molecule has 0 aliphatic rings. The van der Waals surface area contributed by atoms with E-state index in [0.717, 1.165) is 0 Å². The van der Waals surface area contributed by atoms with Gasteiger partial charge in [-0.2, -0.15) is 17.6 Å². The van der Waals surface area contributed by atoms with E-state index in [9.17, 15) is 22.4 Å². The normalized spacial score (nSPS) is 12.2. The number of nitrogens with one attached hydrogen (secondary N) is 2. The van der Waals surface area contributed by atoms with Crippen molar-refractivity contribution in [2.45, 2.75) is 12.6 Å². The second-order valence-corrected chi connectivity index (χ2v) is 9.50. The van der Waals surface area contributed by atoms with E-state index in [2.05, 4.69) is 15.5 Å². The Bertz CT molecular complexity index is 1530. The molecule has 0 radical (unpaired) electrons. The van der Waals surface area contributed by atoms with Crippen molar-refractivity contribution in [3.05, 3.63) is 108 Å². The molecule has 4 rings (SSSR count). The van der Waals surface area contributed by atoms with Gasteiger partial charge in [-0.1, -0.05) is 54.6 Å². The Kier molecular flexibility index (Phi) is 11.3. The van der Waals surface area contributed by atoms with Gasteiger partial charge in [0.1, 0.15) is 12.4 Å². The number of aromatic nitrogens is 2. The summed E-state index contributed by atoms with van der Waals surface area (Å²) < 4.78 is 61.8. The fourth-order valence-corrected chi connectivity index (χ4v) is 4.28. The number of carbonyl (C=O) groups is 1. The summed E-state index contributed by atoms with van der Waals surface area (Å²) in [5.41, 5.74) is 2.22. The van der Waals surface area contributed by atoms with Gasteiger partial charge in [0.25, 0.3) is 0 Å². The summed E-state index contributed by atoms with van der Waals surface area (Å²) in [6.45, 7) is 1.36. The maximum atomic E-state index is 14.3. The average Bonchev–Trinajstić information content (AvgIpc) is 3.32. The number of hydrogen-bond acceptors (Lipinski definition) is 4. The van der Waals surface area contributed by atoms with E-state index in [-0.39, 0.29) is 29.3 Å². The first-order valence-corrected chi connectivity index (χ1v) is 12.9. The van der Waals surface area contributed by atoms with E-state index in [1.54, 1.807) is 86.9 Å². The lowest BCUT2D eigenvalue weighted by atomic mass is 9.87. The Hall–Kier alpha value is -4.15. The topological polar surface area (TPSA) is 70.2 Å². The van der Waals surface area contributed by atoms with Crippen molar-refractivity contribution in [1.82, 2.24) is 20.4 Å². The molecule has 1 heterocycles. The average molecular weight is 603 g/mol. The van der Waals surface area contributed by atoms with Gasteiger partial charge >= 0.3 is 6.18 Å². The fourth-order valence-electron chi connectivity index (χ4n) is 4.28. The lowest BCUT2D eigenvalue weighted by Crippen LogP contribution is -2.22. The monoisotopic (exact) mass is 602 g/mol. The highest BCUT2D eigenvalue weighted by Gasteiger charge is 2.31. The second-order valence-electron chi connectivity index (χ2n) is 9.50. The third-order valence-electron chi connectivity index (χ3n) is 6.26. The molecule has 0 saturated carbocycles. The number of carbonyl (C=O) groups excluding carboxylic acids is 1. The molecule has 6 nitrogen and oxygen atoms in total. The summed E-state index contributed by atoms with van der Waals surface area (Å²) in [5, 5.41) is 9.49. The van der Waals surface area contributed by atoms with Gasteiger partial charge < -0.3 is 15.0 Å². The smallest absolute Gasteiger partial charge is 0.393 e. The molecule has 1 aromatic heterocycles. The molecule has 222 valence electrons. The number of halogens is 5. The van der Waals surface area contributed by atoms with Crippen molar-refractivity contribution < 1.29 is 27.1 Å². The van der Waals surface area contributed by atoms with Gasteiger partial charge in [0.2, 0.25) is 11.9 Å². The molecule has 0 bridgehead atoms. The van der Waals surface area contributed by atoms with Crippen LogP contribution >= 0.6 is 12.4 Å². The Labute approximate surface area is 247 Å². The zero-order valence-electron chi connectivity index (χ0n) is 23.0. The highest BCUT2D eigenvalue weighted by molar-refractivity contribution is 6.00. The van der Waals surface area contributed by atoms with E-state index in [1.807, 2.05) is 0 Å². The molecule has 0 spiro atoms. The molecule has 0 unspecified atom stereocenters. The molecule has 0 aliphatic carbocycles. The van der Waals surface area contributed by atoms with Crippen molar-refractivity contribution in [2.24, 2.45) is 0 Å². The molecule has 0 atom stereocenters. The van der Waals surface area contributed by atoms with Gasteiger partial charge in [-0.25, -0.2) is 0 Å². The van der Waals surface area contributed by atoms with Crippen LogP contribution in [0.5, 0.6) is 5.75 Å². The van der Waals surface area contributed by atoms with Crippen LogP contribution in [-0.2, 0) is 4.79 Å². The van der Waals surface area contributed by atoms with E-state index >= 15 is 0 Å². The molecule has 4 aromatic rings. The third-order valence-corrected chi connectivity index (χ3v) is 6.26. The lowest BCUT2D eigenvalue weighted by molar-refractivity contribution is -0.124. The number of nitrogens with zero attached hydrogens (tertiary/aromatic N) is 2. The van der Waals surface area contributed by atoms with Gasteiger partial charge in [-0.05, 0) is 52.1 Å². The van der Waals surface area contributed by atoms with Gasteiger partial charge in [-0.3, -0.25) is 9.89 Å². The molecular formula is C31H31ClF4N4O2. The number of fused-ring (bicyclic) bond motifs is 1. The van der Waals surface area contributed by atoms with Crippen LogP contribution in [0.15, 0.2) is 84.9 Å². The van der Waals surface area contributed by atoms with Gasteiger partial charge in [0.05, 0.1) is 17.3 Å². The summed E-state index contributed by atoms with van der Waals surface area (Å²) in [7, 11) is 3.35. The summed E-state index contributed by atoms with van der Waals surface area (Å²) in [5.74, 6) is -0.283. The van der Waals surface area contributed by atoms with Crippen LogP contribution in [0.4, 0.5) is 17.6 Å². The predicted octanol–water partition coefficient (Wildman–Crippen LogP) is 6.65. The molecular weight excluding hydrogens is 572 g/mol. The van der Waals surface area contributed by atoms with Crippen molar-refractivity contribution >= 4 is 40.4 Å². The van der Waals surface area contributed by atoms with Crippen LogP contribution in [0.3, 0.4) is 0 Å². The van der Waals surface area contributed by atoms with Crippen LogP contribution in [0.25, 0.3) is 22.0 Å². The standard InChI is InChI=1S/C31H30F4N4O2.ClH/c1-39(2)28(40)9-6-16-36-17-18-41-24-13-10-22(11-14-24)29(23-12-15-27-25(19-23)30(32)38-37-27)26(20-31(33,34)35)21-7-4-3-5-8-21;/h3-15,19,36H,16-18,20H2,1-2H3,(H,37,38);1H/b9-6?,29-26+;. The maximum absolute atomic E-state index is 14.3. The SMILES string of the molecule is CN(C)C(=O)C=CCNCCOc1ccc(/C(=C(/CC(F)(F)F)c2ccccc2)c2ccc3[nH]nc(F)c3c2)cc1.Cl. The number of rotatable bonds is 11. The molecule has 11 heteroatoms. The number of benzene rings is 3. The van der Waals surface area contributed by atoms with Crippen molar-refractivity contribution in [1.29, 1.82) is 0 Å². The zero-order chi connectivity index (χ0) is 29.4. The van der Waals surface area contributed by atoms with E-state index in [0.29, 0.717) is 53.2 Å². The largest absolute Gasteiger partial charge is 0.492 e. The van der Waals surface area contributed by atoms with Gasteiger partial charge in [-0.15, -0.1) is 17.5 Å². The summed E-state index contributed by atoms with van der Waals surface area (Å²) in [6.07, 6.45) is -2.44. The predicted molar refractivity (Wildman–Crippen MR) is 159 cm³/mol. The first-order chi connectivity index (χ1) is 19.6. The number of allylic oxidation sites excluding steroid dienone is 1. The molecule has 0 fully saturated rings. The number of ether oxygens (including phenoxy) is 1. The lowest BCUT2D eigenvalue weighted by Gasteiger charge is -2.19. The molecule has 0 saturated heterocycles. The van der Waals surface area contributed by atoms with Crippen molar-refractivity contribution in [3.63, 3.8) is 0 Å². The van der Waals surface area contributed by atoms with E-state index in [1.165, 1.54) is 17.0 Å². The van der Waals surface area contributed by atoms with Gasteiger partial charge in [0, 0.05) is 33.3 Å². The highest BCUT2D eigenvalue weighted by atomic mass is 35.5. The maximum Gasteiger partial charge on any atom is 0.393 e. The third kappa shape index (κ3) is 8.67. The fraction of sp³-hybridized carbons (Fsp3) is 0.226. The second kappa shape index (κ2) is 14.7. The first-order valence-electron chi connectivity index (χ1n) is 12.9. The Morgan fingerprint density at radius 1 is 1.00 bits per heavy atom. The van der Waals surface area contributed by atoms with Crippen LogP contribution in [0.1, 0.15) is 23.1 Å². The quantitative estimate of drug-likeness (QED) is 0.0873. The van der Waals surface area contributed by atoms with Crippen LogP contribution in [0, 0.1) is 5.95 Å². The minimum atomic E-state index is -4.48. The Morgan fingerprint density at radius 3 is 2.36 bits per heavy atom. The number of amides is 1. The number of hydrogen-bond donors (Lipinski definition) is 2. The minimum Gasteiger partial charge on any atom is -0.492 e. The number of H-pyrrole nitrogens is 1. The van der Waals surface area contributed by atoms with Gasteiger partial charge in [0.15, 0.2) is 0 Å². The summed E-state index contributed by atoms with van der Waals surface area (Å²) in [6, 6.07) is 19.9. The summed E-state index contributed by atoms with van der Waals surface area (Å²) in [4.78, 5) is 13.0. The highest BCUT2D eigenvalue weighted by Crippen LogP contribution is 2.40. The van der Waals surface area contributed by atoms with Crippen molar-refractivity contribution in [3.8, 4) is 5.75 Å². The first kappa shape index (κ1) is 32.4. The number of aromatic amines is 1. The Morgan fingerprint density at radius 2 is 1.69 bits per heavy atom. The number of alkyl halides is 3. The molecule has 3 aromatic carbocycles. The number of likely N-dealkylation sites (N-methyl/N-ethyl adjacent to an activating group) is 1. The minimum absolute atomic E-state index is 0. The Balaban J connectivity index is 0.00000484. The zero-order valence-corrected chi connectivity index (χ0v) is 23.9. The van der Waals surface area contributed by atoms with Crippen molar-refractivity contribution in [2.75, 3.05) is 33.8 Å². The van der Waals surface area contributed by atoms with Crippen LogP contribution < -0.4 is 10.1 Å². The molecule has 0 aliphatic heterocycles. The summed E-state index contributed by atoms with van der Waals surface area (Å²) >= 11 is 0.